The van der Waals surface area contributed by atoms with E-state index in [0.717, 1.165) is 24.3 Å². The van der Waals surface area contributed by atoms with E-state index in [0.29, 0.717) is 28.1 Å². The molecule has 0 bridgehead atoms. The molecule has 1 aromatic rings. The van der Waals surface area contributed by atoms with Crippen LogP contribution in [0.3, 0.4) is 0 Å². The molecule has 1 heterocycles. The second kappa shape index (κ2) is 5.16. The molecule has 2 aliphatic rings. The number of hydrogen-bond donors (Lipinski definition) is 1. The lowest BCUT2D eigenvalue weighted by atomic mass is 9.98. The summed E-state index contributed by atoms with van der Waals surface area (Å²) < 4.78 is 5.68. The van der Waals surface area contributed by atoms with E-state index in [9.17, 15) is 0 Å². The third kappa shape index (κ3) is 2.72. The third-order valence-corrected chi connectivity index (χ3v) is 4.99. The highest BCUT2D eigenvalue weighted by atomic mass is 35.5. The summed E-state index contributed by atoms with van der Waals surface area (Å²) >= 11 is 12.3. The molecule has 1 unspecified atom stereocenters. The average molecular weight is 300 g/mol. The van der Waals surface area contributed by atoms with Gasteiger partial charge in [0.15, 0.2) is 0 Å². The van der Waals surface area contributed by atoms with Crippen LogP contribution < -0.4 is 10.1 Å². The van der Waals surface area contributed by atoms with Gasteiger partial charge in [-0.1, -0.05) is 30.1 Å². The predicted octanol–water partition coefficient (Wildman–Crippen LogP) is 4.60. The normalized spacial score (nSPS) is 23.6. The maximum absolute atomic E-state index is 6.21. The van der Waals surface area contributed by atoms with Crippen LogP contribution in [0, 0.1) is 5.41 Å². The highest BCUT2D eigenvalue weighted by Gasteiger charge is 2.41. The molecule has 2 nitrogen and oxygen atoms in total. The van der Waals surface area contributed by atoms with Crippen molar-refractivity contribution in [1.29, 1.82) is 0 Å². The molecule has 0 radical (unpaired) electrons. The van der Waals surface area contributed by atoms with Crippen LogP contribution in [0.1, 0.15) is 44.2 Å². The van der Waals surface area contributed by atoms with Gasteiger partial charge in [-0.05, 0) is 36.8 Å². The van der Waals surface area contributed by atoms with Gasteiger partial charge in [0.25, 0.3) is 0 Å². The first-order chi connectivity index (χ1) is 9.13. The van der Waals surface area contributed by atoms with Crippen LogP contribution in [-0.4, -0.2) is 13.2 Å². The molecule has 1 fully saturated rings. The minimum Gasteiger partial charge on any atom is -0.492 e. The second-order valence-corrected chi connectivity index (χ2v) is 6.57. The molecular formula is C15H19Cl2NO. The molecule has 4 heteroatoms. The topological polar surface area (TPSA) is 21.3 Å². The monoisotopic (exact) mass is 299 g/mol. The minimum atomic E-state index is 0.309. The molecule has 0 amide bonds. The lowest BCUT2D eigenvalue weighted by molar-refractivity contribution is 0.246. The second-order valence-electron chi connectivity index (χ2n) is 5.73. The molecule has 1 aromatic carbocycles. The van der Waals surface area contributed by atoms with E-state index >= 15 is 0 Å². The van der Waals surface area contributed by atoms with Crippen molar-refractivity contribution in [2.75, 3.05) is 13.2 Å². The molecule has 0 aromatic heterocycles. The van der Waals surface area contributed by atoms with Crippen LogP contribution in [0.25, 0.3) is 0 Å². The zero-order valence-electron chi connectivity index (χ0n) is 11.1. The number of nitrogens with one attached hydrogen (secondary N) is 1. The summed E-state index contributed by atoms with van der Waals surface area (Å²) in [6.07, 6.45) is 4.93. The number of fused-ring (bicyclic) bond motifs is 1. The van der Waals surface area contributed by atoms with Gasteiger partial charge in [0, 0.05) is 29.6 Å². The molecule has 3 rings (SSSR count). The van der Waals surface area contributed by atoms with Crippen molar-refractivity contribution in [3.05, 3.63) is 27.7 Å². The van der Waals surface area contributed by atoms with Crippen molar-refractivity contribution < 1.29 is 4.74 Å². The Hall–Kier alpha value is -0.440. The number of ether oxygens (including phenoxy) is 1. The first-order valence-corrected chi connectivity index (χ1v) is 7.74. The van der Waals surface area contributed by atoms with Gasteiger partial charge in [0.1, 0.15) is 5.75 Å². The van der Waals surface area contributed by atoms with Gasteiger partial charge in [0.05, 0.1) is 11.6 Å². The smallest absolute Gasteiger partial charge is 0.142 e. The van der Waals surface area contributed by atoms with Gasteiger partial charge in [-0.3, -0.25) is 0 Å². The number of hydrogen-bond acceptors (Lipinski definition) is 2. The lowest BCUT2D eigenvalue weighted by Gasteiger charge is -2.29. The molecule has 1 atom stereocenters. The van der Waals surface area contributed by atoms with Crippen LogP contribution in [0.5, 0.6) is 5.75 Å². The zero-order valence-corrected chi connectivity index (χ0v) is 12.7. The fourth-order valence-electron chi connectivity index (χ4n) is 2.81. The van der Waals surface area contributed by atoms with Crippen molar-refractivity contribution in [2.45, 2.75) is 38.6 Å². The molecule has 1 aliphatic carbocycles. The Morgan fingerprint density at radius 1 is 1.37 bits per heavy atom. The molecule has 104 valence electrons. The van der Waals surface area contributed by atoms with Crippen molar-refractivity contribution >= 4 is 23.2 Å². The van der Waals surface area contributed by atoms with E-state index in [2.05, 4.69) is 12.2 Å². The summed E-state index contributed by atoms with van der Waals surface area (Å²) in [7, 11) is 0. The molecule has 1 N–H and O–H groups in total. The zero-order chi connectivity index (χ0) is 13.5. The molecule has 1 saturated carbocycles. The van der Waals surface area contributed by atoms with E-state index in [1.165, 1.54) is 19.3 Å². The van der Waals surface area contributed by atoms with Crippen LogP contribution in [0.4, 0.5) is 0 Å². The van der Waals surface area contributed by atoms with Crippen molar-refractivity contribution in [2.24, 2.45) is 5.41 Å². The summed E-state index contributed by atoms with van der Waals surface area (Å²) in [5.74, 6) is 0.802. The Kier molecular flexibility index (Phi) is 3.67. The van der Waals surface area contributed by atoms with Crippen molar-refractivity contribution in [3.8, 4) is 5.75 Å². The number of rotatable bonds is 4. The highest BCUT2D eigenvalue weighted by molar-refractivity contribution is 6.35. The van der Waals surface area contributed by atoms with Gasteiger partial charge < -0.3 is 10.1 Å². The van der Waals surface area contributed by atoms with Gasteiger partial charge in [0.2, 0.25) is 0 Å². The van der Waals surface area contributed by atoms with E-state index in [1.807, 2.05) is 6.07 Å². The number of benzene rings is 1. The van der Waals surface area contributed by atoms with Crippen molar-refractivity contribution in [1.82, 2.24) is 5.32 Å². The van der Waals surface area contributed by atoms with Gasteiger partial charge >= 0.3 is 0 Å². The number of halogens is 2. The van der Waals surface area contributed by atoms with E-state index < -0.39 is 0 Å². The standard InChI is InChI=1S/C15H19Cl2NO/c1-2-15(4-5-15)9-18-13-3-6-19-14-11(13)7-10(16)8-12(14)17/h7-8,13,18H,2-6,9H2,1H3. The summed E-state index contributed by atoms with van der Waals surface area (Å²) in [5.41, 5.74) is 1.65. The van der Waals surface area contributed by atoms with Crippen LogP contribution in [0.15, 0.2) is 12.1 Å². The molecule has 0 saturated heterocycles. The minimum absolute atomic E-state index is 0.309. The SMILES string of the molecule is CCC1(CNC2CCOc3c(Cl)cc(Cl)cc32)CC1. The van der Waals surface area contributed by atoms with Crippen LogP contribution in [-0.2, 0) is 0 Å². The fraction of sp³-hybridized carbons (Fsp3) is 0.600. The highest BCUT2D eigenvalue weighted by Crippen LogP contribution is 2.49. The van der Waals surface area contributed by atoms with E-state index in [-0.39, 0.29) is 0 Å². The summed E-state index contributed by atoms with van der Waals surface area (Å²) in [4.78, 5) is 0. The first kappa shape index (κ1) is 13.5. The predicted molar refractivity (Wildman–Crippen MR) is 79.3 cm³/mol. The van der Waals surface area contributed by atoms with Crippen molar-refractivity contribution in [3.63, 3.8) is 0 Å². The molecule has 19 heavy (non-hydrogen) atoms. The maximum atomic E-state index is 6.21. The largest absolute Gasteiger partial charge is 0.492 e. The van der Waals surface area contributed by atoms with E-state index in [4.69, 9.17) is 27.9 Å². The maximum Gasteiger partial charge on any atom is 0.142 e. The average Bonchev–Trinajstić information content (AvgIpc) is 3.17. The summed E-state index contributed by atoms with van der Waals surface area (Å²) in [6, 6.07) is 4.04. The first-order valence-electron chi connectivity index (χ1n) is 6.99. The van der Waals surface area contributed by atoms with Gasteiger partial charge in [-0.15, -0.1) is 0 Å². The lowest BCUT2D eigenvalue weighted by Crippen LogP contribution is -2.31. The molecule has 0 spiro atoms. The summed E-state index contributed by atoms with van der Waals surface area (Å²) in [6.45, 7) is 4.07. The van der Waals surface area contributed by atoms with Crippen LogP contribution >= 0.6 is 23.2 Å². The Morgan fingerprint density at radius 3 is 2.84 bits per heavy atom. The Bertz CT molecular complexity index is 485. The molecular weight excluding hydrogens is 281 g/mol. The van der Waals surface area contributed by atoms with Gasteiger partial charge in [-0.2, -0.15) is 0 Å². The Balaban J connectivity index is 1.78. The Labute approximate surface area is 124 Å². The fourth-order valence-corrected chi connectivity index (χ4v) is 3.37. The van der Waals surface area contributed by atoms with Gasteiger partial charge in [-0.25, -0.2) is 0 Å². The van der Waals surface area contributed by atoms with Crippen LogP contribution in [0.2, 0.25) is 10.0 Å². The third-order valence-electron chi connectivity index (χ3n) is 4.50. The Morgan fingerprint density at radius 2 is 2.16 bits per heavy atom. The van der Waals surface area contributed by atoms with E-state index in [1.54, 1.807) is 6.07 Å². The quantitative estimate of drug-likeness (QED) is 0.877. The summed E-state index contributed by atoms with van der Waals surface area (Å²) in [5, 5.41) is 4.98. The molecule has 1 aliphatic heterocycles.